The quantitative estimate of drug-likeness (QED) is 0.683. The topological polar surface area (TPSA) is 51.0 Å². The lowest BCUT2D eigenvalue weighted by molar-refractivity contribution is 0.376. The minimum atomic E-state index is 0.234. The Kier molecular flexibility index (Phi) is 5.61. The number of benzene rings is 2. The van der Waals surface area contributed by atoms with E-state index in [1.165, 1.54) is 16.7 Å². The molecule has 0 aliphatic heterocycles. The van der Waals surface area contributed by atoms with Crippen molar-refractivity contribution >= 4 is 0 Å². The standard InChI is InChI=1S/C21H25N3O/c1-15(2)18-9-11-19(12-10-18)16(3)22-14-20-23-21(25-24-20)13-17-7-5-4-6-8-17/h4-12,15-16,22H,13-14H2,1-3H3. The maximum absolute atomic E-state index is 5.35. The highest BCUT2D eigenvalue weighted by atomic mass is 16.5. The van der Waals surface area contributed by atoms with Crippen molar-refractivity contribution in [1.29, 1.82) is 0 Å². The van der Waals surface area contributed by atoms with Crippen LogP contribution < -0.4 is 5.32 Å². The second-order valence-corrected chi connectivity index (χ2v) is 6.69. The lowest BCUT2D eigenvalue weighted by Gasteiger charge is -2.14. The summed E-state index contributed by atoms with van der Waals surface area (Å²) in [5.41, 5.74) is 3.79. The molecule has 0 aliphatic rings. The zero-order valence-electron chi connectivity index (χ0n) is 15.1. The number of aromatic nitrogens is 2. The van der Waals surface area contributed by atoms with Gasteiger partial charge in [0.2, 0.25) is 5.89 Å². The van der Waals surface area contributed by atoms with Crippen LogP contribution in [0.25, 0.3) is 0 Å². The zero-order chi connectivity index (χ0) is 17.6. The first-order valence-electron chi connectivity index (χ1n) is 8.80. The van der Waals surface area contributed by atoms with Crippen molar-refractivity contribution < 1.29 is 4.52 Å². The van der Waals surface area contributed by atoms with Crippen LogP contribution >= 0.6 is 0 Å². The minimum Gasteiger partial charge on any atom is -0.339 e. The Bertz CT molecular complexity index is 778. The normalized spacial score (nSPS) is 12.5. The molecule has 0 amide bonds. The van der Waals surface area contributed by atoms with Crippen LogP contribution in [0.3, 0.4) is 0 Å². The van der Waals surface area contributed by atoms with E-state index in [4.69, 9.17) is 4.52 Å². The Hall–Kier alpha value is -2.46. The molecule has 4 heteroatoms. The van der Waals surface area contributed by atoms with Gasteiger partial charge in [-0.05, 0) is 29.5 Å². The first kappa shape index (κ1) is 17.4. The van der Waals surface area contributed by atoms with Gasteiger partial charge >= 0.3 is 0 Å². The predicted molar refractivity (Wildman–Crippen MR) is 99.3 cm³/mol. The number of nitrogens with zero attached hydrogens (tertiary/aromatic N) is 2. The zero-order valence-corrected chi connectivity index (χ0v) is 15.1. The molecular formula is C21H25N3O. The fourth-order valence-electron chi connectivity index (χ4n) is 2.74. The summed E-state index contributed by atoms with van der Waals surface area (Å²) in [6.45, 7) is 7.15. The van der Waals surface area contributed by atoms with Crippen LogP contribution in [0.15, 0.2) is 59.1 Å². The van der Waals surface area contributed by atoms with Crippen molar-refractivity contribution in [3.63, 3.8) is 0 Å². The fourth-order valence-corrected chi connectivity index (χ4v) is 2.74. The van der Waals surface area contributed by atoms with Crippen LogP contribution in [0.2, 0.25) is 0 Å². The molecule has 0 radical (unpaired) electrons. The highest BCUT2D eigenvalue weighted by Crippen LogP contribution is 2.18. The van der Waals surface area contributed by atoms with Crippen molar-refractivity contribution in [2.75, 3.05) is 0 Å². The highest BCUT2D eigenvalue weighted by Gasteiger charge is 2.10. The molecule has 1 unspecified atom stereocenters. The third-order valence-electron chi connectivity index (χ3n) is 4.38. The summed E-state index contributed by atoms with van der Waals surface area (Å²) in [5, 5.41) is 7.52. The van der Waals surface area contributed by atoms with Crippen molar-refractivity contribution in [1.82, 2.24) is 15.5 Å². The van der Waals surface area contributed by atoms with Gasteiger partial charge in [-0.25, -0.2) is 0 Å². The second kappa shape index (κ2) is 8.08. The average Bonchev–Trinajstić information content (AvgIpc) is 3.08. The van der Waals surface area contributed by atoms with Crippen LogP contribution in [0.1, 0.15) is 61.1 Å². The number of hydrogen-bond donors (Lipinski definition) is 1. The summed E-state index contributed by atoms with van der Waals surface area (Å²) in [4.78, 5) is 4.47. The van der Waals surface area contributed by atoms with E-state index in [1.54, 1.807) is 0 Å². The molecule has 3 rings (SSSR count). The van der Waals surface area contributed by atoms with Crippen molar-refractivity contribution in [3.8, 4) is 0 Å². The van der Waals surface area contributed by atoms with Crippen LogP contribution in [0, 0.1) is 0 Å². The molecule has 0 spiro atoms. The van der Waals surface area contributed by atoms with Crippen LogP contribution in [-0.4, -0.2) is 10.1 Å². The first-order valence-corrected chi connectivity index (χ1v) is 8.80. The lowest BCUT2D eigenvalue weighted by Crippen LogP contribution is -2.18. The number of nitrogens with one attached hydrogen (secondary N) is 1. The van der Waals surface area contributed by atoms with Crippen LogP contribution in [0.4, 0.5) is 0 Å². The van der Waals surface area contributed by atoms with Gasteiger partial charge in [0.15, 0.2) is 5.82 Å². The Morgan fingerprint density at radius 3 is 2.28 bits per heavy atom. The molecule has 2 aromatic carbocycles. The fraction of sp³-hybridized carbons (Fsp3) is 0.333. The van der Waals surface area contributed by atoms with Crippen molar-refractivity contribution in [3.05, 3.63) is 83.0 Å². The van der Waals surface area contributed by atoms with E-state index in [1.807, 2.05) is 18.2 Å². The highest BCUT2D eigenvalue weighted by molar-refractivity contribution is 5.26. The summed E-state index contributed by atoms with van der Waals surface area (Å²) in [5.74, 6) is 1.90. The van der Waals surface area contributed by atoms with Gasteiger partial charge in [-0.15, -0.1) is 0 Å². The number of hydrogen-bond acceptors (Lipinski definition) is 4. The largest absolute Gasteiger partial charge is 0.339 e. The Morgan fingerprint density at radius 1 is 0.920 bits per heavy atom. The van der Waals surface area contributed by atoms with E-state index in [0.29, 0.717) is 30.6 Å². The molecule has 0 fully saturated rings. The Labute approximate surface area is 149 Å². The summed E-state index contributed by atoms with van der Waals surface area (Å²) in [6, 6.07) is 19.2. The molecule has 0 saturated heterocycles. The molecule has 1 aromatic heterocycles. The van der Waals surface area contributed by atoms with E-state index in [9.17, 15) is 0 Å². The molecule has 0 saturated carbocycles. The Morgan fingerprint density at radius 2 is 1.60 bits per heavy atom. The SMILES string of the molecule is CC(C)c1ccc(C(C)NCc2noc(Cc3ccccc3)n2)cc1. The van der Waals surface area contributed by atoms with Crippen molar-refractivity contribution in [2.24, 2.45) is 0 Å². The Balaban J connectivity index is 1.54. The van der Waals surface area contributed by atoms with Crippen LogP contribution in [-0.2, 0) is 13.0 Å². The third kappa shape index (κ3) is 4.77. The summed E-state index contributed by atoms with van der Waals surface area (Å²) >= 11 is 0. The van der Waals surface area contributed by atoms with E-state index >= 15 is 0 Å². The van der Waals surface area contributed by atoms with E-state index in [2.05, 4.69) is 72.6 Å². The minimum absolute atomic E-state index is 0.234. The molecule has 0 aliphatic carbocycles. The van der Waals surface area contributed by atoms with Gasteiger partial charge < -0.3 is 9.84 Å². The molecule has 130 valence electrons. The molecule has 0 bridgehead atoms. The summed E-state index contributed by atoms with van der Waals surface area (Å²) < 4.78 is 5.35. The second-order valence-electron chi connectivity index (χ2n) is 6.69. The molecule has 1 atom stereocenters. The summed E-state index contributed by atoms with van der Waals surface area (Å²) in [6.07, 6.45) is 0.667. The molecule has 25 heavy (non-hydrogen) atoms. The monoisotopic (exact) mass is 335 g/mol. The maximum atomic E-state index is 5.35. The molecule has 4 nitrogen and oxygen atoms in total. The van der Waals surface area contributed by atoms with E-state index in [-0.39, 0.29) is 6.04 Å². The molecule has 1 heterocycles. The van der Waals surface area contributed by atoms with Crippen molar-refractivity contribution in [2.45, 2.75) is 45.7 Å². The molecular weight excluding hydrogens is 310 g/mol. The van der Waals surface area contributed by atoms with Gasteiger partial charge in [0, 0.05) is 6.04 Å². The maximum Gasteiger partial charge on any atom is 0.231 e. The average molecular weight is 335 g/mol. The third-order valence-corrected chi connectivity index (χ3v) is 4.38. The molecule has 1 N–H and O–H groups in total. The number of rotatable bonds is 7. The summed E-state index contributed by atoms with van der Waals surface area (Å²) in [7, 11) is 0. The van der Waals surface area contributed by atoms with Gasteiger partial charge in [0.25, 0.3) is 0 Å². The van der Waals surface area contributed by atoms with E-state index < -0.39 is 0 Å². The lowest BCUT2D eigenvalue weighted by atomic mass is 10.00. The van der Waals surface area contributed by atoms with Gasteiger partial charge in [0.1, 0.15) is 0 Å². The first-order chi connectivity index (χ1) is 12.1. The van der Waals surface area contributed by atoms with Crippen LogP contribution in [0.5, 0.6) is 0 Å². The van der Waals surface area contributed by atoms with Gasteiger partial charge in [-0.1, -0.05) is 73.6 Å². The van der Waals surface area contributed by atoms with Gasteiger partial charge in [0.05, 0.1) is 13.0 Å². The predicted octanol–water partition coefficient (Wildman–Crippen LogP) is 4.63. The van der Waals surface area contributed by atoms with Gasteiger partial charge in [-0.3, -0.25) is 0 Å². The van der Waals surface area contributed by atoms with Gasteiger partial charge in [-0.2, -0.15) is 4.98 Å². The van der Waals surface area contributed by atoms with E-state index in [0.717, 1.165) is 0 Å². The smallest absolute Gasteiger partial charge is 0.231 e. The molecule has 3 aromatic rings.